The number of hydrogen-bond donors (Lipinski definition) is 1. The van der Waals surface area contributed by atoms with Crippen LogP contribution < -0.4 is 4.74 Å². The van der Waals surface area contributed by atoms with Crippen molar-refractivity contribution in [3.8, 4) is 5.75 Å². The van der Waals surface area contributed by atoms with Crippen molar-refractivity contribution in [2.75, 3.05) is 13.2 Å². The minimum absolute atomic E-state index is 0.152. The van der Waals surface area contributed by atoms with Crippen LogP contribution in [-0.4, -0.2) is 35.3 Å². The smallest absolute Gasteiger partial charge is 0.336 e. The Morgan fingerprint density at radius 2 is 2.26 bits per heavy atom. The SMILES string of the molecule is CCOC(COc1cccc([N+](=O)[O-])c1Br)C(=O)O. The number of nitro benzene ring substituents is 1. The summed E-state index contributed by atoms with van der Waals surface area (Å²) in [4.78, 5) is 21.0. The number of carboxylic acids is 1. The van der Waals surface area contributed by atoms with Gasteiger partial charge in [-0.3, -0.25) is 10.1 Å². The molecule has 0 bridgehead atoms. The number of carboxylic acid groups (broad SMARTS) is 1. The summed E-state index contributed by atoms with van der Waals surface area (Å²) in [5.41, 5.74) is -0.152. The Balaban J connectivity index is 2.80. The van der Waals surface area contributed by atoms with Crippen molar-refractivity contribution in [1.29, 1.82) is 0 Å². The molecule has 0 aliphatic carbocycles. The first-order valence-electron chi connectivity index (χ1n) is 5.37. The van der Waals surface area contributed by atoms with Crippen molar-refractivity contribution < 1.29 is 24.3 Å². The first-order valence-corrected chi connectivity index (χ1v) is 6.16. The van der Waals surface area contributed by atoms with E-state index in [4.69, 9.17) is 14.6 Å². The minimum atomic E-state index is -1.15. The van der Waals surface area contributed by atoms with Crippen molar-refractivity contribution in [2.24, 2.45) is 0 Å². The summed E-state index contributed by atoms with van der Waals surface area (Å²) in [6, 6.07) is 4.27. The molecule has 1 unspecified atom stereocenters. The van der Waals surface area contributed by atoms with Gasteiger partial charge < -0.3 is 14.6 Å². The fourth-order valence-electron chi connectivity index (χ4n) is 1.31. The standard InChI is InChI=1S/C11H12BrNO6/c1-2-18-9(11(14)15)6-19-8-5-3-4-7(10(8)12)13(16)17/h3-5,9H,2,6H2,1H3,(H,14,15). The van der Waals surface area contributed by atoms with Crippen LogP contribution in [0.4, 0.5) is 5.69 Å². The van der Waals surface area contributed by atoms with Gasteiger partial charge in [0.15, 0.2) is 6.10 Å². The van der Waals surface area contributed by atoms with Gasteiger partial charge in [0.05, 0.1) is 4.92 Å². The lowest BCUT2D eigenvalue weighted by atomic mass is 10.3. The van der Waals surface area contributed by atoms with Gasteiger partial charge in [-0.25, -0.2) is 4.79 Å². The molecule has 0 saturated carbocycles. The number of ether oxygens (including phenoxy) is 2. The number of nitro groups is 1. The number of rotatable bonds is 7. The molecule has 0 aliphatic heterocycles. The second kappa shape index (κ2) is 7.05. The van der Waals surface area contributed by atoms with E-state index in [2.05, 4.69) is 15.9 Å². The predicted octanol–water partition coefficient (Wildman–Crippen LogP) is 2.23. The molecule has 8 heteroatoms. The number of carbonyl (C=O) groups is 1. The summed E-state index contributed by atoms with van der Waals surface area (Å²) in [5.74, 6) is -0.955. The van der Waals surface area contributed by atoms with E-state index in [1.807, 2.05) is 0 Å². The first-order chi connectivity index (χ1) is 8.97. The van der Waals surface area contributed by atoms with Gasteiger partial charge in [-0.1, -0.05) is 6.07 Å². The third-order valence-electron chi connectivity index (χ3n) is 2.17. The quantitative estimate of drug-likeness (QED) is 0.606. The fraction of sp³-hybridized carbons (Fsp3) is 0.364. The Hall–Kier alpha value is -1.67. The third kappa shape index (κ3) is 4.18. The van der Waals surface area contributed by atoms with Crippen LogP contribution in [0, 0.1) is 10.1 Å². The topological polar surface area (TPSA) is 98.9 Å². The normalized spacial score (nSPS) is 11.9. The second-order valence-corrected chi connectivity index (χ2v) is 4.23. The molecule has 1 N–H and O–H groups in total. The molecular weight excluding hydrogens is 322 g/mol. The van der Waals surface area contributed by atoms with Gasteiger partial charge >= 0.3 is 5.97 Å². The van der Waals surface area contributed by atoms with Crippen molar-refractivity contribution in [1.82, 2.24) is 0 Å². The zero-order valence-corrected chi connectivity index (χ0v) is 11.6. The van der Waals surface area contributed by atoms with E-state index in [1.54, 1.807) is 6.92 Å². The number of nitrogens with zero attached hydrogens (tertiary/aromatic N) is 1. The largest absolute Gasteiger partial charge is 0.489 e. The molecule has 0 amide bonds. The number of hydrogen-bond acceptors (Lipinski definition) is 5. The van der Waals surface area contributed by atoms with E-state index in [0.717, 1.165) is 0 Å². The van der Waals surface area contributed by atoms with E-state index in [9.17, 15) is 14.9 Å². The van der Waals surface area contributed by atoms with Crippen LogP contribution >= 0.6 is 15.9 Å². The summed E-state index contributed by atoms with van der Waals surface area (Å²) in [6.07, 6.45) is -1.11. The van der Waals surface area contributed by atoms with E-state index < -0.39 is 17.0 Å². The monoisotopic (exact) mass is 333 g/mol. The second-order valence-electron chi connectivity index (χ2n) is 3.44. The van der Waals surface area contributed by atoms with Crippen molar-refractivity contribution >= 4 is 27.6 Å². The molecule has 0 fully saturated rings. The molecule has 104 valence electrons. The van der Waals surface area contributed by atoms with Crippen LogP contribution in [0.1, 0.15) is 6.92 Å². The lowest BCUT2D eigenvalue weighted by molar-refractivity contribution is -0.385. The maximum absolute atomic E-state index is 10.8. The van der Waals surface area contributed by atoms with Gasteiger partial charge in [0.1, 0.15) is 16.8 Å². The molecule has 7 nitrogen and oxygen atoms in total. The minimum Gasteiger partial charge on any atom is -0.489 e. The summed E-state index contributed by atoms with van der Waals surface area (Å²) in [7, 11) is 0. The van der Waals surface area contributed by atoms with E-state index >= 15 is 0 Å². The van der Waals surface area contributed by atoms with E-state index in [-0.39, 0.29) is 29.1 Å². The third-order valence-corrected chi connectivity index (χ3v) is 2.97. The molecular formula is C11H12BrNO6. The Labute approximate surface area is 117 Å². The zero-order valence-electron chi connectivity index (χ0n) is 10.0. The summed E-state index contributed by atoms with van der Waals surface area (Å²) in [5, 5.41) is 19.6. The average Bonchev–Trinajstić information content (AvgIpc) is 2.35. The van der Waals surface area contributed by atoms with Crippen LogP contribution in [-0.2, 0) is 9.53 Å². The van der Waals surface area contributed by atoms with Crippen LogP contribution in [0.25, 0.3) is 0 Å². The highest BCUT2D eigenvalue weighted by atomic mass is 79.9. The van der Waals surface area contributed by atoms with Crippen LogP contribution in [0.2, 0.25) is 0 Å². The first kappa shape index (κ1) is 15.4. The number of benzene rings is 1. The van der Waals surface area contributed by atoms with Crippen LogP contribution in [0.5, 0.6) is 5.75 Å². The Morgan fingerprint density at radius 1 is 1.58 bits per heavy atom. The predicted molar refractivity (Wildman–Crippen MR) is 69.3 cm³/mol. The van der Waals surface area contributed by atoms with E-state index in [0.29, 0.717) is 0 Å². The van der Waals surface area contributed by atoms with Crippen LogP contribution in [0.3, 0.4) is 0 Å². The molecule has 0 heterocycles. The highest BCUT2D eigenvalue weighted by Crippen LogP contribution is 2.33. The summed E-state index contributed by atoms with van der Waals surface area (Å²) >= 11 is 3.05. The van der Waals surface area contributed by atoms with E-state index in [1.165, 1.54) is 18.2 Å². The molecule has 0 radical (unpaired) electrons. The van der Waals surface area contributed by atoms with Gasteiger partial charge in [0.2, 0.25) is 0 Å². The Bertz CT molecular complexity index is 478. The summed E-state index contributed by atoms with van der Waals surface area (Å²) in [6.45, 7) is 1.67. The van der Waals surface area contributed by atoms with Crippen LogP contribution in [0.15, 0.2) is 22.7 Å². The fourth-order valence-corrected chi connectivity index (χ4v) is 1.83. The van der Waals surface area contributed by atoms with Gasteiger partial charge in [-0.2, -0.15) is 0 Å². The Kier molecular flexibility index (Phi) is 5.71. The summed E-state index contributed by atoms with van der Waals surface area (Å²) < 4.78 is 10.4. The van der Waals surface area contributed by atoms with Gasteiger partial charge in [-0.15, -0.1) is 0 Å². The molecule has 0 aliphatic rings. The molecule has 0 saturated heterocycles. The maximum Gasteiger partial charge on any atom is 0.336 e. The lowest BCUT2D eigenvalue weighted by Gasteiger charge is -2.14. The van der Waals surface area contributed by atoms with Gasteiger partial charge in [-0.05, 0) is 28.9 Å². The van der Waals surface area contributed by atoms with Crippen molar-refractivity contribution in [2.45, 2.75) is 13.0 Å². The maximum atomic E-state index is 10.8. The molecule has 1 rings (SSSR count). The highest BCUT2D eigenvalue weighted by molar-refractivity contribution is 9.10. The molecule has 1 aromatic rings. The number of halogens is 1. The molecule has 0 spiro atoms. The molecule has 1 atom stereocenters. The average molecular weight is 334 g/mol. The highest BCUT2D eigenvalue weighted by Gasteiger charge is 2.21. The van der Waals surface area contributed by atoms with Crippen molar-refractivity contribution in [3.05, 3.63) is 32.8 Å². The lowest BCUT2D eigenvalue weighted by Crippen LogP contribution is -2.30. The number of aliphatic carboxylic acids is 1. The zero-order chi connectivity index (χ0) is 14.4. The van der Waals surface area contributed by atoms with Gasteiger partial charge in [0.25, 0.3) is 5.69 Å². The molecule has 1 aromatic carbocycles. The molecule has 19 heavy (non-hydrogen) atoms. The molecule has 0 aromatic heterocycles. The van der Waals surface area contributed by atoms with Gasteiger partial charge in [0, 0.05) is 12.7 Å². The van der Waals surface area contributed by atoms with Crippen molar-refractivity contribution in [3.63, 3.8) is 0 Å². The Morgan fingerprint density at radius 3 is 2.79 bits per heavy atom.